The molecule has 2 aliphatic heterocycles. The predicted molar refractivity (Wildman–Crippen MR) is 124 cm³/mol. The second kappa shape index (κ2) is 8.64. The summed E-state index contributed by atoms with van der Waals surface area (Å²) < 4.78 is 6.80. The van der Waals surface area contributed by atoms with Gasteiger partial charge in [-0.05, 0) is 54.1 Å². The molecule has 1 aromatic heterocycles. The molecule has 34 heavy (non-hydrogen) atoms. The number of aromatic hydroxyl groups is 1. The summed E-state index contributed by atoms with van der Waals surface area (Å²) >= 11 is 1.62. The Morgan fingerprint density at radius 2 is 1.91 bits per heavy atom. The summed E-state index contributed by atoms with van der Waals surface area (Å²) in [4.78, 5) is 27.3. The van der Waals surface area contributed by atoms with Crippen LogP contribution in [-0.4, -0.2) is 64.8 Å². The van der Waals surface area contributed by atoms with Gasteiger partial charge in [0.05, 0.1) is 6.54 Å². The van der Waals surface area contributed by atoms with Gasteiger partial charge in [-0.3, -0.25) is 9.59 Å². The topological polar surface area (TPSA) is 122 Å². The van der Waals surface area contributed by atoms with Gasteiger partial charge in [-0.25, -0.2) is 4.68 Å². The van der Waals surface area contributed by atoms with Gasteiger partial charge in [-0.1, -0.05) is 30.3 Å². The van der Waals surface area contributed by atoms with Crippen LogP contribution in [0.25, 0.3) is 0 Å². The van der Waals surface area contributed by atoms with E-state index in [1.165, 1.54) is 0 Å². The van der Waals surface area contributed by atoms with Gasteiger partial charge >= 0.3 is 0 Å². The second-order valence-corrected chi connectivity index (χ2v) is 10.5. The zero-order valence-corrected chi connectivity index (χ0v) is 19.5. The summed E-state index contributed by atoms with van der Waals surface area (Å²) in [6.45, 7) is 4.34. The smallest absolute Gasteiger partial charge is 0.258 e. The highest BCUT2D eigenvalue weighted by Gasteiger charge is 2.63. The summed E-state index contributed by atoms with van der Waals surface area (Å²) in [7, 11) is 0. The molecule has 2 amide bonds. The summed E-state index contributed by atoms with van der Waals surface area (Å²) in [6, 6.07) is 14.9. The number of amides is 2. The largest absolute Gasteiger partial charge is 0.508 e. The Balaban J connectivity index is 1.28. The Bertz CT molecular complexity index is 1200. The van der Waals surface area contributed by atoms with Crippen LogP contribution in [0.4, 0.5) is 0 Å². The first-order chi connectivity index (χ1) is 16.3. The van der Waals surface area contributed by atoms with Crippen LogP contribution >= 0.6 is 11.8 Å². The molecule has 3 aromatic rings. The first-order valence-electron chi connectivity index (χ1n) is 10.8. The van der Waals surface area contributed by atoms with Gasteiger partial charge in [-0.2, -0.15) is 0 Å². The van der Waals surface area contributed by atoms with Crippen LogP contribution in [0.3, 0.4) is 0 Å². The molecule has 2 saturated heterocycles. The lowest BCUT2D eigenvalue weighted by atomic mass is 9.95. The number of fused-ring (bicyclic) bond motifs is 1. The minimum Gasteiger partial charge on any atom is -0.508 e. The number of tetrazole rings is 1. The lowest BCUT2D eigenvalue weighted by molar-refractivity contribution is -0.152. The minimum atomic E-state index is -0.623. The van der Waals surface area contributed by atoms with Crippen LogP contribution < -0.4 is 10.1 Å². The number of phenols is 1. The summed E-state index contributed by atoms with van der Waals surface area (Å²) in [5.41, 5.74) is 0.921. The Kier molecular flexibility index (Phi) is 5.64. The molecule has 0 aliphatic carbocycles. The normalized spacial score (nSPS) is 22.7. The van der Waals surface area contributed by atoms with E-state index in [2.05, 4.69) is 20.8 Å². The van der Waals surface area contributed by atoms with Crippen LogP contribution in [-0.2, 0) is 16.1 Å². The van der Waals surface area contributed by atoms with Crippen molar-refractivity contribution in [2.45, 2.75) is 42.6 Å². The number of hydrogen-bond acceptors (Lipinski definition) is 8. The van der Waals surface area contributed by atoms with E-state index in [9.17, 15) is 14.7 Å². The number of benzene rings is 2. The zero-order chi connectivity index (χ0) is 23.9. The molecule has 3 heterocycles. The van der Waals surface area contributed by atoms with E-state index in [1.54, 1.807) is 57.7 Å². The van der Waals surface area contributed by atoms with Crippen molar-refractivity contribution >= 4 is 23.6 Å². The molecule has 0 radical (unpaired) electrons. The van der Waals surface area contributed by atoms with Crippen molar-refractivity contribution in [3.63, 3.8) is 0 Å². The van der Waals surface area contributed by atoms with Gasteiger partial charge in [0.25, 0.3) is 5.91 Å². The fraction of sp³-hybridized carbons (Fsp3) is 0.348. The number of ether oxygens (including phenoxy) is 1. The average molecular weight is 481 g/mol. The number of phenolic OH excluding ortho intramolecular Hbond substituents is 1. The third kappa shape index (κ3) is 4.07. The number of rotatable bonds is 7. The molecule has 2 N–H and O–H groups in total. The van der Waals surface area contributed by atoms with Crippen molar-refractivity contribution in [1.29, 1.82) is 0 Å². The molecule has 2 unspecified atom stereocenters. The zero-order valence-electron chi connectivity index (χ0n) is 18.7. The number of aromatic nitrogens is 4. The molecule has 5 rings (SSSR count). The Morgan fingerprint density at radius 3 is 2.65 bits per heavy atom. The number of hydrogen-bond donors (Lipinski definition) is 2. The van der Waals surface area contributed by atoms with E-state index < -0.39 is 6.04 Å². The highest BCUT2D eigenvalue weighted by atomic mass is 32.2. The fourth-order valence-corrected chi connectivity index (χ4v) is 5.97. The fourth-order valence-electron chi connectivity index (χ4n) is 4.34. The first-order valence-corrected chi connectivity index (χ1v) is 11.7. The molecule has 176 valence electrons. The first kappa shape index (κ1) is 22.2. The van der Waals surface area contributed by atoms with Crippen LogP contribution in [0.1, 0.15) is 31.3 Å². The molecule has 0 spiro atoms. The van der Waals surface area contributed by atoms with Crippen molar-refractivity contribution in [3.8, 4) is 11.5 Å². The predicted octanol–water partition coefficient (Wildman–Crippen LogP) is 1.73. The van der Waals surface area contributed by atoms with E-state index in [0.29, 0.717) is 18.1 Å². The maximum Gasteiger partial charge on any atom is 0.258 e. The molecule has 2 fully saturated rings. The maximum atomic E-state index is 13.1. The quantitative estimate of drug-likeness (QED) is 0.490. The van der Waals surface area contributed by atoms with Crippen molar-refractivity contribution in [2.75, 3.05) is 6.61 Å². The lowest BCUT2D eigenvalue weighted by Crippen LogP contribution is -2.68. The Morgan fingerprint density at radius 1 is 1.18 bits per heavy atom. The maximum absolute atomic E-state index is 13.1. The van der Waals surface area contributed by atoms with Gasteiger partial charge in [0.15, 0.2) is 12.4 Å². The van der Waals surface area contributed by atoms with E-state index >= 15 is 0 Å². The van der Waals surface area contributed by atoms with Crippen LogP contribution in [0, 0.1) is 0 Å². The number of nitrogens with zero attached hydrogens (tertiary/aromatic N) is 5. The lowest BCUT2D eigenvalue weighted by Gasteiger charge is -2.44. The van der Waals surface area contributed by atoms with Gasteiger partial charge in [-0.15, -0.1) is 16.9 Å². The minimum absolute atomic E-state index is 0.164. The Labute approximate surface area is 200 Å². The van der Waals surface area contributed by atoms with Gasteiger partial charge < -0.3 is 20.1 Å². The van der Waals surface area contributed by atoms with E-state index in [0.717, 1.165) is 5.56 Å². The highest BCUT2D eigenvalue weighted by Crippen LogP contribution is 2.56. The number of carbonyl (C=O) groups excluding carboxylic acids is 2. The Hall–Kier alpha value is -3.60. The van der Waals surface area contributed by atoms with E-state index in [-0.39, 0.29) is 40.3 Å². The number of thioether (sulfide) groups is 1. The SMILES string of the molecule is CC1(C)S[C@H]2C(NC(=O)COc3ccccc3)C(=O)N2C1c1nnnn1Cc1ccc(O)cc1. The second-order valence-electron chi connectivity index (χ2n) is 8.77. The third-order valence-electron chi connectivity index (χ3n) is 5.94. The highest BCUT2D eigenvalue weighted by molar-refractivity contribution is 8.01. The van der Waals surface area contributed by atoms with Gasteiger partial charge in [0.1, 0.15) is 29.0 Å². The van der Waals surface area contributed by atoms with Gasteiger partial charge in [0.2, 0.25) is 5.91 Å². The molecule has 2 aromatic carbocycles. The number of β-lactam (4-membered cyclic amide) rings is 1. The summed E-state index contributed by atoms with van der Waals surface area (Å²) in [5, 5.41) is 24.4. The molecule has 3 atom stereocenters. The summed E-state index contributed by atoms with van der Waals surface area (Å²) in [6.07, 6.45) is 0. The van der Waals surface area contributed by atoms with Gasteiger partial charge in [0, 0.05) is 4.75 Å². The van der Waals surface area contributed by atoms with E-state index in [4.69, 9.17) is 4.74 Å². The number of para-hydroxylation sites is 1. The van der Waals surface area contributed by atoms with Crippen molar-refractivity contribution in [1.82, 2.24) is 30.4 Å². The summed E-state index contributed by atoms with van der Waals surface area (Å²) in [5.74, 6) is 0.848. The monoisotopic (exact) mass is 480 g/mol. The van der Waals surface area contributed by atoms with Crippen molar-refractivity contribution in [2.24, 2.45) is 0 Å². The van der Waals surface area contributed by atoms with E-state index in [1.807, 2.05) is 32.0 Å². The molecule has 2 aliphatic rings. The molecule has 10 nitrogen and oxygen atoms in total. The van der Waals surface area contributed by atoms with Crippen molar-refractivity contribution < 1.29 is 19.4 Å². The van der Waals surface area contributed by atoms with Crippen molar-refractivity contribution in [3.05, 3.63) is 66.0 Å². The third-order valence-corrected chi connectivity index (χ3v) is 7.52. The number of carbonyl (C=O) groups is 2. The van der Waals surface area contributed by atoms with Crippen LogP contribution in [0.5, 0.6) is 11.5 Å². The number of nitrogens with one attached hydrogen (secondary N) is 1. The molecular formula is C23H24N6O4S. The van der Waals surface area contributed by atoms with Crippen LogP contribution in [0.15, 0.2) is 54.6 Å². The molecule has 0 saturated carbocycles. The molecule has 11 heteroatoms. The molecule has 0 bridgehead atoms. The standard InChI is InChI=1S/C23H24N6O4S/c1-23(2)19(20-25-26-27-28(20)12-14-8-10-15(30)11-9-14)29-21(32)18(22(29)34-23)24-17(31)13-33-16-6-4-3-5-7-16/h3-11,18-19,22,30H,12-13H2,1-2H3,(H,24,31)/t18?,19?,22-/m0/s1. The average Bonchev–Trinajstić information content (AvgIpc) is 3.37. The van der Waals surface area contributed by atoms with Crippen LogP contribution in [0.2, 0.25) is 0 Å². The molecular weight excluding hydrogens is 456 g/mol.